The van der Waals surface area contributed by atoms with E-state index >= 15 is 0 Å². The fourth-order valence-corrected chi connectivity index (χ4v) is 5.89. The van der Waals surface area contributed by atoms with Crippen molar-refractivity contribution in [3.63, 3.8) is 0 Å². The van der Waals surface area contributed by atoms with Gasteiger partial charge in [-0.3, -0.25) is 9.78 Å². The van der Waals surface area contributed by atoms with Crippen LogP contribution in [0.3, 0.4) is 0 Å². The number of pyridine rings is 1. The van der Waals surface area contributed by atoms with E-state index in [0.29, 0.717) is 30.6 Å². The van der Waals surface area contributed by atoms with Crippen LogP contribution in [0, 0.1) is 6.92 Å². The molecule has 4 aromatic rings. The van der Waals surface area contributed by atoms with Gasteiger partial charge in [-0.1, -0.05) is 18.2 Å². The molecule has 3 atom stereocenters. The highest BCUT2D eigenvalue weighted by Gasteiger charge is 2.38. The van der Waals surface area contributed by atoms with Crippen LogP contribution in [-0.4, -0.2) is 32.7 Å². The van der Waals surface area contributed by atoms with Crippen LogP contribution in [0.5, 0.6) is 5.75 Å². The van der Waals surface area contributed by atoms with Gasteiger partial charge < -0.3 is 19.7 Å². The molecule has 37 heavy (non-hydrogen) atoms. The minimum Gasteiger partial charge on any atom is -0.434 e. The third kappa shape index (κ3) is 3.85. The maximum atomic E-state index is 13.3. The first-order chi connectivity index (χ1) is 17.8. The minimum atomic E-state index is -2.95. The number of amides is 1. The van der Waals surface area contributed by atoms with Crippen LogP contribution in [0.25, 0.3) is 22.2 Å². The number of aromatic nitrogens is 3. The van der Waals surface area contributed by atoms with Gasteiger partial charge in [-0.05, 0) is 74.1 Å². The summed E-state index contributed by atoms with van der Waals surface area (Å²) in [4.78, 5) is 20.8. The van der Waals surface area contributed by atoms with Crippen LogP contribution in [-0.2, 0) is 16.8 Å². The van der Waals surface area contributed by atoms with Crippen LogP contribution >= 0.6 is 0 Å². The first-order valence-corrected chi connectivity index (χ1v) is 12.2. The zero-order chi connectivity index (χ0) is 25.9. The third-order valence-corrected chi connectivity index (χ3v) is 7.59. The van der Waals surface area contributed by atoms with Crippen LogP contribution in [0.4, 0.5) is 8.78 Å². The van der Waals surface area contributed by atoms with Gasteiger partial charge in [0.05, 0.1) is 28.8 Å². The van der Waals surface area contributed by atoms with Crippen molar-refractivity contribution in [2.75, 3.05) is 0 Å². The highest BCUT2D eigenvalue weighted by atomic mass is 19.3. The maximum Gasteiger partial charge on any atom is 0.387 e. The van der Waals surface area contributed by atoms with Crippen molar-refractivity contribution in [3.8, 4) is 16.9 Å². The van der Waals surface area contributed by atoms with Crippen molar-refractivity contribution in [2.24, 2.45) is 0 Å². The Morgan fingerprint density at radius 1 is 1.24 bits per heavy atom. The number of rotatable bonds is 6. The van der Waals surface area contributed by atoms with E-state index in [1.54, 1.807) is 25.3 Å². The van der Waals surface area contributed by atoms with E-state index in [9.17, 15) is 18.7 Å². The van der Waals surface area contributed by atoms with Crippen molar-refractivity contribution in [1.82, 2.24) is 19.9 Å². The Morgan fingerprint density at radius 2 is 2.08 bits per heavy atom. The van der Waals surface area contributed by atoms with Crippen LogP contribution in [0.2, 0.25) is 0 Å². The van der Waals surface area contributed by atoms with Gasteiger partial charge in [-0.2, -0.15) is 8.78 Å². The fraction of sp³-hybridized carbons (Fsp3) is 0.321. The molecule has 2 unspecified atom stereocenters. The number of aliphatic hydroxyl groups is 1. The lowest BCUT2D eigenvalue weighted by atomic mass is 9.96. The quantitative estimate of drug-likeness (QED) is 0.363. The summed E-state index contributed by atoms with van der Waals surface area (Å²) in [7, 11) is 0. The van der Waals surface area contributed by atoms with Gasteiger partial charge in [0.1, 0.15) is 17.2 Å². The van der Waals surface area contributed by atoms with E-state index in [-0.39, 0.29) is 17.8 Å². The SMILES string of the molecule is Cc1cccc(OC(F)F)c1[C@H]1CC(NC=O)c2nc3ccc(-c4cnc5c(c4)CCC5(C)O)cc3n21. The first kappa shape index (κ1) is 23.5. The Morgan fingerprint density at radius 3 is 2.86 bits per heavy atom. The third-order valence-electron chi connectivity index (χ3n) is 7.59. The number of aryl methyl sites for hydroxylation is 2. The number of nitrogens with one attached hydrogen (secondary N) is 1. The number of carbonyl (C=O) groups excluding carboxylic acids is 1. The van der Waals surface area contributed by atoms with Gasteiger partial charge in [0, 0.05) is 17.3 Å². The molecular formula is C28H26F2N4O3. The minimum absolute atomic E-state index is 0.116. The summed E-state index contributed by atoms with van der Waals surface area (Å²) in [5.41, 5.74) is 5.71. The summed E-state index contributed by atoms with van der Waals surface area (Å²) >= 11 is 0. The van der Waals surface area contributed by atoms with Crippen molar-refractivity contribution < 1.29 is 23.4 Å². The van der Waals surface area contributed by atoms with Crippen molar-refractivity contribution in [3.05, 3.63) is 76.9 Å². The molecule has 6 rings (SSSR count). The number of halogens is 2. The highest BCUT2D eigenvalue weighted by Crippen LogP contribution is 2.46. The zero-order valence-electron chi connectivity index (χ0n) is 20.4. The number of imidazole rings is 1. The lowest BCUT2D eigenvalue weighted by molar-refractivity contribution is -0.110. The molecule has 0 fully saturated rings. The predicted molar refractivity (Wildman–Crippen MR) is 133 cm³/mol. The van der Waals surface area contributed by atoms with Crippen molar-refractivity contribution >= 4 is 17.4 Å². The summed E-state index contributed by atoms with van der Waals surface area (Å²) in [6, 6.07) is 12.3. The Labute approximate surface area is 212 Å². The van der Waals surface area contributed by atoms with Gasteiger partial charge in [-0.25, -0.2) is 4.98 Å². The standard InChI is InChI=1S/C28H26F2N4O3/c1-15-4-3-5-23(37-27(29)30)24(15)22-12-20(32-14-35)26-33-19-7-6-16(11-21(19)34(22)26)18-10-17-8-9-28(2,36)25(17)31-13-18/h3-7,10-11,13-14,20,22,27,36H,8-9,12H2,1-2H3,(H,32,35)/t20?,22-,28?/m1/s1. The zero-order valence-corrected chi connectivity index (χ0v) is 20.4. The molecule has 2 N–H and O–H groups in total. The average molecular weight is 505 g/mol. The molecule has 1 amide bonds. The predicted octanol–water partition coefficient (Wildman–Crippen LogP) is 4.94. The molecule has 0 spiro atoms. The molecule has 0 saturated carbocycles. The second kappa shape index (κ2) is 8.62. The number of carbonyl (C=O) groups is 1. The van der Waals surface area contributed by atoms with E-state index in [4.69, 9.17) is 9.72 Å². The van der Waals surface area contributed by atoms with Gasteiger partial charge in [0.25, 0.3) is 0 Å². The van der Waals surface area contributed by atoms with E-state index in [1.165, 1.54) is 0 Å². The van der Waals surface area contributed by atoms with Crippen molar-refractivity contribution in [2.45, 2.75) is 57.4 Å². The average Bonchev–Trinajstić information content (AvgIpc) is 3.49. The number of benzene rings is 2. The topological polar surface area (TPSA) is 89.3 Å². The Bertz CT molecular complexity index is 1530. The molecule has 2 aromatic heterocycles. The molecule has 3 heterocycles. The number of alkyl halides is 2. The molecule has 190 valence electrons. The van der Waals surface area contributed by atoms with Crippen LogP contribution in [0.15, 0.2) is 48.7 Å². The number of hydrogen-bond donors (Lipinski definition) is 2. The Kier molecular flexibility index (Phi) is 5.49. The summed E-state index contributed by atoms with van der Waals surface area (Å²) in [5.74, 6) is 0.782. The van der Waals surface area contributed by atoms with E-state index in [1.807, 2.05) is 35.8 Å². The maximum absolute atomic E-state index is 13.3. The molecule has 1 aliphatic carbocycles. The number of ether oxygens (including phenoxy) is 1. The van der Waals surface area contributed by atoms with E-state index in [0.717, 1.165) is 45.4 Å². The number of nitrogens with zero attached hydrogens (tertiary/aromatic N) is 3. The van der Waals surface area contributed by atoms with Gasteiger partial charge >= 0.3 is 6.61 Å². The number of hydrogen-bond acceptors (Lipinski definition) is 5. The van der Waals surface area contributed by atoms with Crippen LogP contribution in [0.1, 0.15) is 60.1 Å². The molecule has 0 saturated heterocycles. The molecular weight excluding hydrogens is 478 g/mol. The molecule has 2 aromatic carbocycles. The summed E-state index contributed by atoms with van der Waals surface area (Å²) in [6.45, 7) is 0.697. The molecule has 1 aliphatic heterocycles. The largest absolute Gasteiger partial charge is 0.434 e. The highest BCUT2D eigenvalue weighted by molar-refractivity contribution is 5.83. The van der Waals surface area contributed by atoms with Crippen LogP contribution < -0.4 is 10.1 Å². The van der Waals surface area contributed by atoms with Gasteiger partial charge in [0.2, 0.25) is 6.41 Å². The molecule has 7 nitrogen and oxygen atoms in total. The summed E-state index contributed by atoms with van der Waals surface area (Å²) < 4.78 is 33.5. The lowest BCUT2D eigenvalue weighted by Gasteiger charge is -2.21. The van der Waals surface area contributed by atoms with E-state index < -0.39 is 12.2 Å². The second-order valence-electron chi connectivity index (χ2n) is 10.0. The van der Waals surface area contributed by atoms with Crippen molar-refractivity contribution in [1.29, 1.82) is 0 Å². The first-order valence-electron chi connectivity index (χ1n) is 12.2. The molecule has 9 heteroatoms. The Balaban J connectivity index is 1.50. The summed E-state index contributed by atoms with van der Waals surface area (Å²) in [6.07, 6.45) is 4.27. The second-order valence-corrected chi connectivity index (χ2v) is 10.0. The van der Waals surface area contributed by atoms with E-state index in [2.05, 4.69) is 16.4 Å². The molecule has 0 bridgehead atoms. The smallest absolute Gasteiger partial charge is 0.387 e. The number of fused-ring (bicyclic) bond motifs is 4. The lowest BCUT2D eigenvalue weighted by Crippen LogP contribution is -2.18. The van der Waals surface area contributed by atoms with Gasteiger partial charge in [-0.15, -0.1) is 0 Å². The normalized spacial score (nSPS) is 22.3. The molecule has 2 aliphatic rings. The summed E-state index contributed by atoms with van der Waals surface area (Å²) in [5, 5.41) is 13.4. The fourth-order valence-electron chi connectivity index (χ4n) is 5.89. The monoisotopic (exact) mass is 504 g/mol. The Hall–Kier alpha value is -3.85. The van der Waals surface area contributed by atoms with Gasteiger partial charge in [0.15, 0.2) is 0 Å². The molecule has 0 radical (unpaired) electrons.